The van der Waals surface area contributed by atoms with E-state index >= 15 is 0 Å². The highest BCUT2D eigenvalue weighted by Gasteiger charge is 2.45. The van der Waals surface area contributed by atoms with Crippen molar-refractivity contribution in [2.75, 3.05) is 6.54 Å². The lowest BCUT2D eigenvalue weighted by Crippen LogP contribution is -2.28. The third kappa shape index (κ3) is 2.83. The molecule has 1 N–H and O–H groups in total. The Labute approximate surface area is 101 Å². The number of nitrogens with one attached hydrogen (secondary N) is 1. The zero-order valence-corrected chi connectivity index (χ0v) is 10.4. The summed E-state index contributed by atoms with van der Waals surface area (Å²) in [5.41, 5.74) is 0.894. The number of hydrogen-bond donors (Lipinski definition) is 1. The number of rotatable bonds is 5. The van der Waals surface area contributed by atoms with Gasteiger partial charge in [0.25, 0.3) is 0 Å². The van der Waals surface area contributed by atoms with E-state index in [4.69, 9.17) is 0 Å². The monoisotopic (exact) mass is 239 g/mol. The molecule has 2 rings (SSSR count). The molecule has 0 amide bonds. The van der Waals surface area contributed by atoms with Crippen molar-refractivity contribution in [3.8, 4) is 0 Å². The second-order valence-electron chi connectivity index (χ2n) is 5.24. The van der Waals surface area contributed by atoms with Gasteiger partial charge in [0.15, 0.2) is 0 Å². The van der Waals surface area contributed by atoms with Gasteiger partial charge in [-0.15, -0.1) is 0 Å². The minimum Gasteiger partial charge on any atom is -0.309 e. The predicted molar refractivity (Wildman–Crippen MR) is 64.7 cm³/mol. The lowest BCUT2D eigenvalue weighted by molar-refractivity contribution is 0.364. The molecule has 1 atom stereocenters. The molecule has 0 saturated heterocycles. The molecular formula is C14H19F2N. The summed E-state index contributed by atoms with van der Waals surface area (Å²) in [6, 6.07) is 3.88. The molecule has 17 heavy (non-hydrogen) atoms. The van der Waals surface area contributed by atoms with Crippen molar-refractivity contribution in [2.24, 2.45) is 5.41 Å². The highest BCUT2D eigenvalue weighted by atomic mass is 19.1. The quantitative estimate of drug-likeness (QED) is 0.824. The largest absolute Gasteiger partial charge is 0.309 e. The van der Waals surface area contributed by atoms with E-state index in [0.29, 0.717) is 0 Å². The maximum Gasteiger partial charge on any atom is 0.126 e. The standard InChI is InChI=1S/C14H19F2N/c1-3-6-17-13(14(2)4-5-14)10-7-11(15)9-12(16)8-10/h7-9,13,17H,3-6H2,1-2H3. The van der Waals surface area contributed by atoms with Crippen LogP contribution in [-0.4, -0.2) is 6.54 Å². The Kier molecular flexibility index (Phi) is 3.48. The molecule has 1 fully saturated rings. The van der Waals surface area contributed by atoms with Gasteiger partial charge in [0.2, 0.25) is 0 Å². The maximum atomic E-state index is 13.3. The SMILES string of the molecule is CCCNC(c1cc(F)cc(F)c1)C1(C)CC1. The fourth-order valence-electron chi connectivity index (χ4n) is 2.28. The first-order valence-electron chi connectivity index (χ1n) is 6.24. The first-order valence-corrected chi connectivity index (χ1v) is 6.24. The van der Waals surface area contributed by atoms with E-state index in [9.17, 15) is 8.78 Å². The minimum absolute atomic E-state index is 0.0626. The molecule has 1 unspecified atom stereocenters. The van der Waals surface area contributed by atoms with Crippen LogP contribution in [0.2, 0.25) is 0 Å². The molecule has 1 aromatic rings. The van der Waals surface area contributed by atoms with Crippen LogP contribution in [-0.2, 0) is 0 Å². The van der Waals surface area contributed by atoms with Gasteiger partial charge < -0.3 is 5.32 Å². The van der Waals surface area contributed by atoms with Crippen LogP contribution in [0.3, 0.4) is 0 Å². The smallest absolute Gasteiger partial charge is 0.126 e. The summed E-state index contributed by atoms with van der Waals surface area (Å²) in [7, 11) is 0. The Bertz CT molecular complexity index is 379. The van der Waals surface area contributed by atoms with Crippen molar-refractivity contribution in [1.29, 1.82) is 0 Å². The summed E-state index contributed by atoms with van der Waals surface area (Å²) in [5.74, 6) is -0.986. The molecule has 1 aliphatic rings. The second-order valence-corrected chi connectivity index (χ2v) is 5.24. The fourth-order valence-corrected chi connectivity index (χ4v) is 2.28. The van der Waals surface area contributed by atoms with Crippen molar-refractivity contribution in [3.63, 3.8) is 0 Å². The molecule has 0 aromatic heterocycles. The third-order valence-electron chi connectivity index (χ3n) is 3.55. The summed E-state index contributed by atoms with van der Waals surface area (Å²) in [4.78, 5) is 0. The van der Waals surface area contributed by atoms with Crippen LogP contribution in [0.1, 0.15) is 44.7 Å². The predicted octanol–water partition coefficient (Wildman–Crippen LogP) is 3.81. The van der Waals surface area contributed by atoms with E-state index in [1.807, 2.05) is 0 Å². The molecule has 3 heteroatoms. The molecule has 1 nitrogen and oxygen atoms in total. The van der Waals surface area contributed by atoms with E-state index in [1.165, 1.54) is 12.1 Å². The van der Waals surface area contributed by atoms with E-state index in [-0.39, 0.29) is 11.5 Å². The third-order valence-corrected chi connectivity index (χ3v) is 3.55. The molecule has 0 aliphatic heterocycles. The molecular weight excluding hydrogens is 220 g/mol. The zero-order chi connectivity index (χ0) is 12.5. The van der Waals surface area contributed by atoms with Gasteiger partial charge in [0.05, 0.1) is 0 Å². The van der Waals surface area contributed by atoms with Gasteiger partial charge in [0, 0.05) is 12.1 Å². The summed E-state index contributed by atoms with van der Waals surface area (Å²) in [5, 5.41) is 3.41. The zero-order valence-electron chi connectivity index (χ0n) is 10.4. The Balaban J connectivity index is 2.25. The highest BCUT2D eigenvalue weighted by Crippen LogP contribution is 2.54. The highest BCUT2D eigenvalue weighted by molar-refractivity contribution is 5.25. The van der Waals surface area contributed by atoms with Crippen LogP contribution in [0, 0.1) is 17.0 Å². The van der Waals surface area contributed by atoms with Crippen molar-refractivity contribution >= 4 is 0 Å². The molecule has 1 aromatic carbocycles. The molecule has 1 saturated carbocycles. The Morgan fingerprint density at radius 1 is 1.24 bits per heavy atom. The summed E-state index contributed by atoms with van der Waals surface area (Å²) in [6.45, 7) is 5.13. The minimum atomic E-state index is -0.493. The Hall–Kier alpha value is -0.960. The van der Waals surface area contributed by atoms with E-state index < -0.39 is 11.6 Å². The van der Waals surface area contributed by atoms with Crippen molar-refractivity contribution in [1.82, 2.24) is 5.32 Å². The maximum absolute atomic E-state index is 13.3. The summed E-state index contributed by atoms with van der Waals surface area (Å²) >= 11 is 0. The van der Waals surface area contributed by atoms with Crippen molar-refractivity contribution < 1.29 is 8.78 Å². The molecule has 0 radical (unpaired) electrons. The second kappa shape index (κ2) is 4.73. The Morgan fingerprint density at radius 3 is 2.29 bits per heavy atom. The van der Waals surface area contributed by atoms with Gasteiger partial charge in [-0.1, -0.05) is 13.8 Å². The molecule has 1 aliphatic carbocycles. The molecule has 0 spiro atoms. The van der Waals surface area contributed by atoms with Gasteiger partial charge in [-0.3, -0.25) is 0 Å². The van der Waals surface area contributed by atoms with Crippen LogP contribution in [0.25, 0.3) is 0 Å². The molecule has 0 bridgehead atoms. The number of halogens is 2. The normalized spacial score (nSPS) is 19.1. The Morgan fingerprint density at radius 2 is 1.82 bits per heavy atom. The van der Waals surface area contributed by atoms with Crippen LogP contribution < -0.4 is 5.32 Å². The fraction of sp³-hybridized carbons (Fsp3) is 0.571. The van der Waals surface area contributed by atoms with Crippen molar-refractivity contribution in [3.05, 3.63) is 35.4 Å². The van der Waals surface area contributed by atoms with Crippen LogP contribution in [0.4, 0.5) is 8.78 Å². The number of benzene rings is 1. The van der Waals surface area contributed by atoms with Gasteiger partial charge in [0.1, 0.15) is 11.6 Å². The van der Waals surface area contributed by atoms with Gasteiger partial charge in [-0.2, -0.15) is 0 Å². The van der Waals surface area contributed by atoms with Crippen LogP contribution in [0.5, 0.6) is 0 Å². The van der Waals surface area contributed by atoms with Gasteiger partial charge in [-0.05, 0) is 48.9 Å². The van der Waals surface area contributed by atoms with Crippen molar-refractivity contribution in [2.45, 2.75) is 39.2 Å². The molecule has 94 valence electrons. The lowest BCUT2D eigenvalue weighted by atomic mass is 9.91. The summed E-state index contributed by atoms with van der Waals surface area (Å²) in [6.07, 6.45) is 3.25. The van der Waals surface area contributed by atoms with Gasteiger partial charge >= 0.3 is 0 Å². The average molecular weight is 239 g/mol. The van der Waals surface area contributed by atoms with E-state index in [1.54, 1.807) is 0 Å². The summed E-state index contributed by atoms with van der Waals surface area (Å²) < 4.78 is 26.5. The first kappa shape index (κ1) is 12.5. The van der Waals surface area contributed by atoms with Gasteiger partial charge in [-0.25, -0.2) is 8.78 Å². The van der Waals surface area contributed by atoms with Crippen LogP contribution in [0.15, 0.2) is 18.2 Å². The topological polar surface area (TPSA) is 12.0 Å². The first-order chi connectivity index (χ1) is 8.05. The van der Waals surface area contributed by atoms with E-state index in [2.05, 4.69) is 19.2 Å². The molecule has 0 heterocycles. The van der Waals surface area contributed by atoms with E-state index in [0.717, 1.165) is 37.4 Å². The average Bonchev–Trinajstić information content (AvgIpc) is 2.96. The lowest BCUT2D eigenvalue weighted by Gasteiger charge is -2.25. The van der Waals surface area contributed by atoms with Crippen LogP contribution >= 0.6 is 0 Å². The number of hydrogen-bond acceptors (Lipinski definition) is 1.